The van der Waals surface area contributed by atoms with Gasteiger partial charge in [0.05, 0.1) is 0 Å². The van der Waals surface area contributed by atoms with E-state index in [9.17, 15) is 4.79 Å². The SMILES string of the molecule is Cc1ccc(CCN(C)C(=O)CC(C)(C)CN)cc1. The lowest BCUT2D eigenvalue weighted by molar-refractivity contribution is -0.131. The highest BCUT2D eigenvalue weighted by Crippen LogP contribution is 2.19. The van der Waals surface area contributed by atoms with Gasteiger partial charge in [-0.05, 0) is 30.9 Å². The highest BCUT2D eigenvalue weighted by molar-refractivity contribution is 5.76. The normalized spacial score (nSPS) is 11.4. The zero-order valence-electron chi connectivity index (χ0n) is 12.6. The largest absolute Gasteiger partial charge is 0.345 e. The van der Waals surface area contributed by atoms with Crippen LogP contribution in [0.15, 0.2) is 24.3 Å². The molecule has 0 bridgehead atoms. The van der Waals surface area contributed by atoms with Gasteiger partial charge in [0.25, 0.3) is 0 Å². The standard InChI is InChI=1S/C16H26N2O/c1-13-5-7-14(8-6-13)9-10-18(4)15(19)11-16(2,3)12-17/h5-8H,9-12,17H2,1-4H3. The van der Waals surface area contributed by atoms with Crippen molar-refractivity contribution in [1.82, 2.24) is 4.90 Å². The Balaban J connectivity index is 2.44. The maximum Gasteiger partial charge on any atom is 0.222 e. The van der Waals surface area contributed by atoms with Crippen LogP contribution < -0.4 is 5.73 Å². The average Bonchev–Trinajstić information content (AvgIpc) is 2.37. The van der Waals surface area contributed by atoms with Crippen molar-refractivity contribution in [2.24, 2.45) is 11.1 Å². The predicted octanol–water partition coefficient (Wildman–Crippen LogP) is 2.37. The van der Waals surface area contributed by atoms with E-state index in [1.165, 1.54) is 11.1 Å². The van der Waals surface area contributed by atoms with Crippen LogP contribution in [0.25, 0.3) is 0 Å². The Hall–Kier alpha value is -1.35. The zero-order valence-corrected chi connectivity index (χ0v) is 12.6. The first-order valence-corrected chi connectivity index (χ1v) is 6.84. The summed E-state index contributed by atoms with van der Waals surface area (Å²) in [5.41, 5.74) is 8.08. The summed E-state index contributed by atoms with van der Waals surface area (Å²) in [6.07, 6.45) is 1.40. The van der Waals surface area contributed by atoms with Gasteiger partial charge < -0.3 is 10.6 Å². The second-order valence-electron chi connectivity index (χ2n) is 6.10. The molecule has 3 nitrogen and oxygen atoms in total. The van der Waals surface area contributed by atoms with Crippen LogP contribution in [0.2, 0.25) is 0 Å². The van der Waals surface area contributed by atoms with E-state index in [2.05, 4.69) is 31.2 Å². The van der Waals surface area contributed by atoms with Gasteiger partial charge in [0.1, 0.15) is 0 Å². The van der Waals surface area contributed by atoms with Gasteiger partial charge in [-0.15, -0.1) is 0 Å². The van der Waals surface area contributed by atoms with Crippen LogP contribution in [-0.2, 0) is 11.2 Å². The number of carbonyl (C=O) groups is 1. The van der Waals surface area contributed by atoms with E-state index >= 15 is 0 Å². The first kappa shape index (κ1) is 15.7. The molecule has 2 N–H and O–H groups in total. The van der Waals surface area contributed by atoms with Crippen LogP contribution in [-0.4, -0.2) is 30.9 Å². The minimum atomic E-state index is -0.116. The van der Waals surface area contributed by atoms with Gasteiger partial charge in [0, 0.05) is 20.0 Å². The number of aryl methyl sites for hydroxylation is 1. The molecule has 0 radical (unpaired) electrons. The van der Waals surface area contributed by atoms with E-state index in [1.54, 1.807) is 4.90 Å². The molecule has 0 saturated heterocycles. The molecule has 0 aliphatic heterocycles. The molecule has 0 spiro atoms. The van der Waals surface area contributed by atoms with E-state index in [4.69, 9.17) is 5.73 Å². The Labute approximate surface area is 116 Å². The van der Waals surface area contributed by atoms with Crippen LogP contribution in [0.4, 0.5) is 0 Å². The smallest absolute Gasteiger partial charge is 0.222 e. The molecule has 0 unspecified atom stereocenters. The summed E-state index contributed by atoms with van der Waals surface area (Å²) < 4.78 is 0. The van der Waals surface area contributed by atoms with Crippen molar-refractivity contribution in [3.63, 3.8) is 0 Å². The van der Waals surface area contributed by atoms with E-state index in [1.807, 2.05) is 20.9 Å². The quantitative estimate of drug-likeness (QED) is 0.855. The molecule has 0 atom stereocenters. The van der Waals surface area contributed by atoms with E-state index < -0.39 is 0 Å². The van der Waals surface area contributed by atoms with Gasteiger partial charge in [0.2, 0.25) is 5.91 Å². The molecule has 1 amide bonds. The molecular weight excluding hydrogens is 236 g/mol. The number of hydrogen-bond donors (Lipinski definition) is 1. The Morgan fingerprint density at radius 1 is 1.26 bits per heavy atom. The van der Waals surface area contributed by atoms with Gasteiger partial charge >= 0.3 is 0 Å². The third-order valence-electron chi connectivity index (χ3n) is 3.46. The van der Waals surface area contributed by atoms with Crippen molar-refractivity contribution >= 4 is 5.91 Å². The number of benzene rings is 1. The fourth-order valence-corrected chi connectivity index (χ4v) is 1.79. The van der Waals surface area contributed by atoms with Gasteiger partial charge in [-0.1, -0.05) is 43.7 Å². The summed E-state index contributed by atoms with van der Waals surface area (Å²) in [6.45, 7) is 7.42. The van der Waals surface area contributed by atoms with Gasteiger partial charge in [-0.2, -0.15) is 0 Å². The second kappa shape index (κ2) is 6.71. The van der Waals surface area contributed by atoms with Crippen LogP contribution in [0.1, 0.15) is 31.4 Å². The topological polar surface area (TPSA) is 46.3 Å². The Bertz CT molecular complexity index is 409. The molecule has 1 aromatic rings. The van der Waals surface area contributed by atoms with Crippen molar-refractivity contribution in [2.45, 2.75) is 33.6 Å². The molecule has 0 heterocycles. The minimum absolute atomic E-state index is 0.116. The van der Waals surface area contributed by atoms with Crippen LogP contribution >= 0.6 is 0 Å². The van der Waals surface area contributed by atoms with Crippen LogP contribution in [0.5, 0.6) is 0 Å². The second-order valence-corrected chi connectivity index (χ2v) is 6.10. The van der Waals surface area contributed by atoms with Crippen LogP contribution in [0, 0.1) is 12.3 Å². The zero-order chi connectivity index (χ0) is 14.5. The fraction of sp³-hybridized carbons (Fsp3) is 0.562. The van der Waals surface area contributed by atoms with Gasteiger partial charge in [-0.3, -0.25) is 4.79 Å². The van der Waals surface area contributed by atoms with Gasteiger partial charge in [-0.25, -0.2) is 0 Å². The fourth-order valence-electron chi connectivity index (χ4n) is 1.79. The highest BCUT2D eigenvalue weighted by atomic mass is 16.2. The van der Waals surface area contributed by atoms with Crippen molar-refractivity contribution in [1.29, 1.82) is 0 Å². The molecule has 1 aromatic carbocycles. The monoisotopic (exact) mass is 262 g/mol. The Morgan fingerprint density at radius 2 is 1.84 bits per heavy atom. The molecule has 3 heteroatoms. The number of amides is 1. The first-order valence-electron chi connectivity index (χ1n) is 6.84. The summed E-state index contributed by atoms with van der Waals surface area (Å²) in [5, 5.41) is 0. The first-order chi connectivity index (χ1) is 8.84. The van der Waals surface area contributed by atoms with E-state index in [0.29, 0.717) is 13.0 Å². The molecule has 0 aliphatic carbocycles. The average molecular weight is 262 g/mol. The molecule has 19 heavy (non-hydrogen) atoms. The lowest BCUT2D eigenvalue weighted by Gasteiger charge is -2.25. The molecule has 106 valence electrons. The maximum atomic E-state index is 12.1. The molecule has 1 rings (SSSR count). The van der Waals surface area contributed by atoms with Crippen molar-refractivity contribution in [3.8, 4) is 0 Å². The molecule has 0 aliphatic rings. The predicted molar refractivity (Wildman–Crippen MR) is 80.0 cm³/mol. The lowest BCUT2D eigenvalue weighted by atomic mass is 9.89. The van der Waals surface area contributed by atoms with E-state index in [0.717, 1.165) is 13.0 Å². The van der Waals surface area contributed by atoms with Crippen molar-refractivity contribution in [3.05, 3.63) is 35.4 Å². The van der Waals surface area contributed by atoms with Crippen LogP contribution in [0.3, 0.4) is 0 Å². The Morgan fingerprint density at radius 3 is 2.37 bits per heavy atom. The molecular formula is C16H26N2O. The third kappa shape index (κ3) is 5.43. The van der Waals surface area contributed by atoms with Crippen molar-refractivity contribution < 1.29 is 4.79 Å². The summed E-state index contributed by atoms with van der Waals surface area (Å²) in [5.74, 6) is 0.169. The minimum Gasteiger partial charge on any atom is -0.345 e. The number of nitrogens with two attached hydrogens (primary N) is 1. The molecule has 0 saturated carbocycles. The van der Waals surface area contributed by atoms with E-state index in [-0.39, 0.29) is 11.3 Å². The molecule has 0 aromatic heterocycles. The highest BCUT2D eigenvalue weighted by Gasteiger charge is 2.22. The number of nitrogens with zero attached hydrogens (tertiary/aromatic N) is 1. The van der Waals surface area contributed by atoms with Crippen molar-refractivity contribution in [2.75, 3.05) is 20.1 Å². The van der Waals surface area contributed by atoms with Gasteiger partial charge in [0.15, 0.2) is 0 Å². The number of carbonyl (C=O) groups excluding carboxylic acids is 1. The summed E-state index contributed by atoms with van der Waals surface area (Å²) in [6, 6.07) is 8.46. The summed E-state index contributed by atoms with van der Waals surface area (Å²) in [4.78, 5) is 13.9. The maximum absolute atomic E-state index is 12.1. The number of likely N-dealkylation sites (N-methyl/N-ethyl adjacent to an activating group) is 1. The lowest BCUT2D eigenvalue weighted by Crippen LogP contribution is -2.35. The Kier molecular flexibility index (Phi) is 5.55. The number of hydrogen-bond acceptors (Lipinski definition) is 2. The summed E-state index contributed by atoms with van der Waals surface area (Å²) >= 11 is 0. The summed E-state index contributed by atoms with van der Waals surface area (Å²) in [7, 11) is 1.86. The third-order valence-corrected chi connectivity index (χ3v) is 3.46. The molecule has 0 fully saturated rings. The number of rotatable bonds is 6.